The number of amides is 1. The second kappa shape index (κ2) is 7.43. The standard InChI is InChI=1S/C13H20NO4P/c1-4-17-19(16,18-5-2)11(3)14-13(15)12-9-7-6-8-10-12/h6-11H,4-5H2,1-3H3,(H,14,15)/t11-/m1/s1. The molecule has 0 saturated carbocycles. The first-order valence-electron chi connectivity index (χ1n) is 6.28. The summed E-state index contributed by atoms with van der Waals surface area (Å²) >= 11 is 0. The monoisotopic (exact) mass is 285 g/mol. The molecular weight excluding hydrogens is 265 g/mol. The van der Waals surface area contributed by atoms with Crippen LogP contribution in [-0.2, 0) is 13.6 Å². The van der Waals surface area contributed by atoms with Crippen LogP contribution >= 0.6 is 7.60 Å². The molecule has 1 amide bonds. The van der Waals surface area contributed by atoms with E-state index >= 15 is 0 Å². The van der Waals surface area contributed by atoms with Crippen molar-refractivity contribution in [2.24, 2.45) is 0 Å². The van der Waals surface area contributed by atoms with Crippen molar-refractivity contribution in [2.45, 2.75) is 26.6 Å². The Morgan fingerprint density at radius 1 is 1.21 bits per heavy atom. The predicted molar refractivity (Wildman–Crippen MR) is 74.2 cm³/mol. The maximum atomic E-state index is 12.4. The maximum absolute atomic E-state index is 12.4. The lowest BCUT2D eigenvalue weighted by Gasteiger charge is -2.24. The van der Waals surface area contributed by atoms with Gasteiger partial charge in [0.25, 0.3) is 5.91 Å². The molecule has 0 aliphatic rings. The average Bonchev–Trinajstić information content (AvgIpc) is 2.40. The molecule has 1 atom stereocenters. The molecule has 0 spiro atoms. The Bertz CT molecular complexity index is 439. The quantitative estimate of drug-likeness (QED) is 0.782. The Balaban J connectivity index is 2.74. The SMILES string of the molecule is CCOP(=O)(OCC)[C@H](C)NC(=O)c1ccccc1. The van der Waals surface area contributed by atoms with Gasteiger partial charge in [0, 0.05) is 5.56 Å². The molecule has 106 valence electrons. The lowest BCUT2D eigenvalue weighted by molar-refractivity contribution is 0.0940. The van der Waals surface area contributed by atoms with E-state index in [1.54, 1.807) is 45.0 Å². The zero-order valence-corrected chi connectivity index (χ0v) is 12.4. The summed E-state index contributed by atoms with van der Waals surface area (Å²) in [7, 11) is -3.32. The van der Waals surface area contributed by atoms with Crippen LogP contribution in [0.4, 0.5) is 0 Å². The molecule has 1 rings (SSSR count). The summed E-state index contributed by atoms with van der Waals surface area (Å²) in [6, 6.07) is 8.74. The summed E-state index contributed by atoms with van der Waals surface area (Å²) in [5, 5.41) is 2.65. The van der Waals surface area contributed by atoms with Gasteiger partial charge in [0.05, 0.1) is 13.2 Å². The average molecular weight is 285 g/mol. The van der Waals surface area contributed by atoms with Crippen LogP contribution in [0.2, 0.25) is 0 Å². The third kappa shape index (κ3) is 4.46. The normalized spacial score (nSPS) is 13.0. The first kappa shape index (κ1) is 15.9. The molecule has 0 unspecified atom stereocenters. The van der Waals surface area contributed by atoms with E-state index in [9.17, 15) is 9.36 Å². The van der Waals surface area contributed by atoms with Crippen LogP contribution in [0.15, 0.2) is 30.3 Å². The van der Waals surface area contributed by atoms with E-state index in [-0.39, 0.29) is 19.1 Å². The van der Waals surface area contributed by atoms with Crippen LogP contribution in [0.25, 0.3) is 0 Å². The van der Waals surface area contributed by atoms with E-state index in [0.717, 1.165) is 0 Å². The second-order valence-corrected chi connectivity index (χ2v) is 6.26. The summed E-state index contributed by atoms with van der Waals surface area (Å²) in [5.74, 6) is -0.993. The first-order chi connectivity index (χ1) is 9.03. The molecule has 1 N–H and O–H groups in total. The number of benzene rings is 1. The summed E-state index contributed by atoms with van der Waals surface area (Å²) in [6.45, 7) is 5.62. The van der Waals surface area contributed by atoms with Gasteiger partial charge in [0.15, 0.2) is 0 Å². The minimum Gasteiger partial charge on any atom is -0.338 e. The zero-order valence-electron chi connectivity index (χ0n) is 11.5. The van der Waals surface area contributed by atoms with E-state index < -0.39 is 13.4 Å². The molecule has 0 radical (unpaired) electrons. The number of nitrogens with one attached hydrogen (secondary N) is 1. The Morgan fingerprint density at radius 3 is 2.21 bits per heavy atom. The molecule has 19 heavy (non-hydrogen) atoms. The smallest absolute Gasteiger partial charge is 0.338 e. The van der Waals surface area contributed by atoms with Gasteiger partial charge in [-0.3, -0.25) is 9.36 Å². The minimum absolute atomic E-state index is 0.267. The molecule has 1 aromatic rings. The van der Waals surface area contributed by atoms with Crippen molar-refractivity contribution in [3.05, 3.63) is 35.9 Å². The van der Waals surface area contributed by atoms with Gasteiger partial charge >= 0.3 is 7.60 Å². The molecule has 0 aliphatic heterocycles. The Labute approximate surface area is 113 Å². The van der Waals surface area contributed by atoms with E-state index in [4.69, 9.17) is 9.05 Å². The minimum atomic E-state index is -3.32. The molecule has 0 bridgehead atoms. The molecule has 0 heterocycles. The summed E-state index contributed by atoms with van der Waals surface area (Å²) < 4.78 is 22.8. The third-order valence-electron chi connectivity index (χ3n) is 2.47. The van der Waals surface area contributed by atoms with Crippen molar-refractivity contribution in [3.8, 4) is 0 Å². The van der Waals surface area contributed by atoms with E-state index in [2.05, 4.69) is 5.32 Å². The van der Waals surface area contributed by atoms with Gasteiger partial charge in [-0.25, -0.2) is 0 Å². The highest BCUT2D eigenvalue weighted by Gasteiger charge is 2.33. The van der Waals surface area contributed by atoms with Crippen molar-refractivity contribution in [2.75, 3.05) is 13.2 Å². The Morgan fingerprint density at radius 2 is 1.74 bits per heavy atom. The highest BCUT2D eigenvalue weighted by atomic mass is 31.2. The van der Waals surface area contributed by atoms with Crippen LogP contribution in [0.3, 0.4) is 0 Å². The van der Waals surface area contributed by atoms with Gasteiger partial charge in [-0.05, 0) is 32.9 Å². The fourth-order valence-corrected chi connectivity index (χ4v) is 3.08. The molecule has 0 fully saturated rings. The highest BCUT2D eigenvalue weighted by molar-refractivity contribution is 7.54. The largest absolute Gasteiger partial charge is 0.352 e. The maximum Gasteiger partial charge on any atom is 0.352 e. The van der Waals surface area contributed by atoms with Crippen molar-refractivity contribution in [1.82, 2.24) is 5.32 Å². The van der Waals surface area contributed by atoms with Crippen molar-refractivity contribution in [1.29, 1.82) is 0 Å². The van der Waals surface area contributed by atoms with E-state index in [0.29, 0.717) is 5.56 Å². The molecule has 6 heteroatoms. The van der Waals surface area contributed by atoms with Crippen LogP contribution in [0.1, 0.15) is 31.1 Å². The van der Waals surface area contributed by atoms with Gasteiger partial charge in [-0.15, -0.1) is 0 Å². The topological polar surface area (TPSA) is 64.6 Å². The summed E-state index contributed by atoms with van der Waals surface area (Å²) in [6.07, 6.45) is 0. The fraction of sp³-hybridized carbons (Fsp3) is 0.462. The number of carbonyl (C=O) groups excluding carboxylic acids is 1. The Kier molecular flexibility index (Phi) is 6.22. The molecule has 0 aromatic heterocycles. The van der Waals surface area contributed by atoms with E-state index in [1.807, 2.05) is 6.07 Å². The second-order valence-electron chi connectivity index (χ2n) is 3.89. The van der Waals surface area contributed by atoms with Gasteiger partial charge in [0.1, 0.15) is 5.78 Å². The van der Waals surface area contributed by atoms with Crippen LogP contribution in [-0.4, -0.2) is 24.9 Å². The highest BCUT2D eigenvalue weighted by Crippen LogP contribution is 2.51. The number of rotatable bonds is 7. The molecule has 0 aliphatic carbocycles. The van der Waals surface area contributed by atoms with Crippen molar-refractivity contribution < 1.29 is 18.4 Å². The summed E-state index contributed by atoms with van der Waals surface area (Å²) in [4.78, 5) is 12.0. The zero-order chi connectivity index (χ0) is 14.3. The van der Waals surface area contributed by atoms with Gasteiger partial charge < -0.3 is 14.4 Å². The van der Waals surface area contributed by atoms with Crippen molar-refractivity contribution >= 4 is 13.5 Å². The number of hydrogen-bond donors (Lipinski definition) is 1. The fourth-order valence-electron chi connectivity index (χ4n) is 1.56. The molecule has 1 aromatic carbocycles. The first-order valence-corrected chi connectivity index (χ1v) is 7.89. The molecule has 0 saturated heterocycles. The van der Waals surface area contributed by atoms with Gasteiger partial charge in [0.2, 0.25) is 0 Å². The predicted octanol–water partition coefficient (Wildman–Crippen LogP) is 3.03. The third-order valence-corrected chi connectivity index (χ3v) is 4.78. The van der Waals surface area contributed by atoms with Crippen LogP contribution < -0.4 is 5.32 Å². The summed E-state index contributed by atoms with van der Waals surface area (Å²) in [5.41, 5.74) is 0.508. The van der Waals surface area contributed by atoms with Gasteiger partial charge in [-0.1, -0.05) is 18.2 Å². The number of hydrogen-bond acceptors (Lipinski definition) is 4. The van der Waals surface area contributed by atoms with Crippen LogP contribution in [0.5, 0.6) is 0 Å². The Hall–Kier alpha value is -1.16. The molecule has 5 nitrogen and oxygen atoms in total. The van der Waals surface area contributed by atoms with Crippen LogP contribution in [0, 0.1) is 0 Å². The number of carbonyl (C=O) groups is 1. The lowest BCUT2D eigenvalue weighted by Crippen LogP contribution is -2.33. The van der Waals surface area contributed by atoms with Crippen molar-refractivity contribution in [3.63, 3.8) is 0 Å². The molecular formula is C13H20NO4P. The van der Waals surface area contributed by atoms with E-state index in [1.165, 1.54) is 0 Å². The van der Waals surface area contributed by atoms with Gasteiger partial charge in [-0.2, -0.15) is 0 Å². The lowest BCUT2D eigenvalue weighted by atomic mass is 10.2.